The summed E-state index contributed by atoms with van der Waals surface area (Å²) in [6.45, 7) is 4.13. The van der Waals surface area contributed by atoms with E-state index in [2.05, 4.69) is 15.6 Å². The molecule has 2 N–H and O–H groups in total. The molecule has 0 heterocycles. The van der Waals surface area contributed by atoms with E-state index >= 15 is 0 Å². The van der Waals surface area contributed by atoms with Gasteiger partial charge in [0.25, 0.3) is 0 Å². The Morgan fingerprint density at radius 3 is 2.25 bits per heavy atom. The fourth-order valence-electron chi connectivity index (χ4n) is 3.06. The Hall–Kier alpha value is -0.0800. The topological polar surface area (TPSA) is 54.9 Å². The summed E-state index contributed by atoms with van der Waals surface area (Å²) in [5, 5.41) is 6.77. The van der Waals surface area contributed by atoms with Crippen molar-refractivity contribution >= 4 is 29.9 Å². The molecule has 6 heteroatoms. The monoisotopic (exact) mass is 455 g/mol. The molecule has 1 rings (SSSR count). The first-order valence-electron chi connectivity index (χ1n) is 9.38. The van der Waals surface area contributed by atoms with Crippen molar-refractivity contribution in [3.8, 4) is 0 Å². The van der Waals surface area contributed by atoms with E-state index in [1.54, 1.807) is 7.11 Å². The van der Waals surface area contributed by atoms with Crippen LogP contribution in [0.1, 0.15) is 57.8 Å². The number of guanidine groups is 1. The molecule has 0 atom stereocenters. The molecule has 0 radical (unpaired) electrons. The zero-order valence-electron chi connectivity index (χ0n) is 15.6. The summed E-state index contributed by atoms with van der Waals surface area (Å²) in [7, 11) is 3.53. The SMILES string of the molecule is CN=C(NCCCCOCCOC)NCCCCC1CCCC1.I. The molecule has 0 amide bonds. The molecule has 0 aromatic carbocycles. The van der Waals surface area contributed by atoms with Crippen molar-refractivity contribution in [3.63, 3.8) is 0 Å². The summed E-state index contributed by atoms with van der Waals surface area (Å²) in [6.07, 6.45) is 12.0. The van der Waals surface area contributed by atoms with Crippen LogP contribution < -0.4 is 10.6 Å². The quantitative estimate of drug-likeness (QED) is 0.193. The van der Waals surface area contributed by atoms with Crippen molar-refractivity contribution in [1.29, 1.82) is 0 Å². The van der Waals surface area contributed by atoms with Crippen LogP contribution in [0, 0.1) is 5.92 Å². The summed E-state index contributed by atoms with van der Waals surface area (Å²) < 4.78 is 10.4. The van der Waals surface area contributed by atoms with Crippen molar-refractivity contribution < 1.29 is 9.47 Å². The first-order valence-corrected chi connectivity index (χ1v) is 9.38. The first kappa shape index (κ1) is 23.9. The predicted molar refractivity (Wildman–Crippen MR) is 113 cm³/mol. The summed E-state index contributed by atoms with van der Waals surface area (Å²) in [6, 6.07) is 0. The van der Waals surface area contributed by atoms with Gasteiger partial charge in [0.05, 0.1) is 13.2 Å². The van der Waals surface area contributed by atoms with Crippen LogP contribution in [0.4, 0.5) is 0 Å². The molecule has 0 bridgehead atoms. The molecule has 144 valence electrons. The average molecular weight is 455 g/mol. The summed E-state index contributed by atoms with van der Waals surface area (Å²) in [5.74, 6) is 1.93. The van der Waals surface area contributed by atoms with Gasteiger partial charge in [0.2, 0.25) is 0 Å². The van der Waals surface area contributed by atoms with Crippen molar-refractivity contribution in [2.75, 3.05) is 47.1 Å². The third-order valence-electron chi connectivity index (χ3n) is 4.47. The number of methoxy groups -OCH3 is 1. The molecular formula is C18H38IN3O2. The Labute approximate surface area is 165 Å². The van der Waals surface area contributed by atoms with Gasteiger partial charge in [-0.05, 0) is 25.2 Å². The molecule has 0 saturated heterocycles. The van der Waals surface area contributed by atoms with Gasteiger partial charge in [-0.25, -0.2) is 0 Å². The van der Waals surface area contributed by atoms with Crippen molar-refractivity contribution in [2.24, 2.45) is 10.9 Å². The smallest absolute Gasteiger partial charge is 0.190 e. The summed E-state index contributed by atoms with van der Waals surface area (Å²) >= 11 is 0. The predicted octanol–water partition coefficient (Wildman–Crippen LogP) is 3.57. The number of hydrogen-bond donors (Lipinski definition) is 2. The lowest BCUT2D eigenvalue weighted by Gasteiger charge is -2.12. The zero-order valence-corrected chi connectivity index (χ0v) is 18.0. The minimum atomic E-state index is 0. The van der Waals surface area contributed by atoms with Gasteiger partial charge in [0.1, 0.15) is 0 Å². The van der Waals surface area contributed by atoms with Gasteiger partial charge in [-0.1, -0.05) is 38.5 Å². The highest BCUT2D eigenvalue weighted by molar-refractivity contribution is 14.0. The van der Waals surface area contributed by atoms with Gasteiger partial charge in [-0.15, -0.1) is 24.0 Å². The van der Waals surface area contributed by atoms with E-state index in [4.69, 9.17) is 9.47 Å². The van der Waals surface area contributed by atoms with E-state index in [9.17, 15) is 0 Å². The maximum atomic E-state index is 5.44. The van der Waals surface area contributed by atoms with Gasteiger partial charge in [0.15, 0.2) is 5.96 Å². The average Bonchev–Trinajstić information content (AvgIpc) is 3.08. The molecule has 1 fully saturated rings. The van der Waals surface area contributed by atoms with E-state index in [1.165, 1.54) is 44.9 Å². The van der Waals surface area contributed by atoms with Crippen molar-refractivity contribution in [3.05, 3.63) is 0 Å². The van der Waals surface area contributed by atoms with Crippen molar-refractivity contribution in [2.45, 2.75) is 57.8 Å². The third kappa shape index (κ3) is 13.2. The van der Waals surface area contributed by atoms with Gasteiger partial charge < -0.3 is 20.1 Å². The first-order chi connectivity index (χ1) is 11.4. The minimum absolute atomic E-state index is 0. The maximum Gasteiger partial charge on any atom is 0.190 e. The number of hydrogen-bond acceptors (Lipinski definition) is 3. The highest BCUT2D eigenvalue weighted by Crippen LogP contribution is 2.28. The van der Waals surface area contributed by atoms with Crippen LogP contribution in [0.15, 0.2) is 4.99 Å². The number of halogens is 1. The zero-order chi connectivity index (χ0) is 16.6. The number of nitrogens with one attached hydrogen (secondary N) is 2. The van der Waals surface area contributed by atoms with E-state index < -0.39 is 0 Å². The third-order valence-corrected chi connectivity index (χ3v) is 4.47. The Morgan fingerprint density at radius 2 is 1.62 bits per heavy atom. The number of ether oxygens (including phenoxy) is 2. The van der Waals surface area contributed by atoms with E-state index in [0.29, 0.717) is 13.2 Å². The number of rotatable bonds is 13. The number of nitrogens with zero attached hydrogens (tertiary/aromatic N) is 1. The second-order valence-corrected chi connectivity index (χ2v) is 6.38. The normalized spacial score (nSPS) is 15.3. The fraction of sp³-hybridized carbons (Fsp3) is 0.944. The molecule has 1 aliphatic carbocycles. The number of unbranched alkanes of at least 4 members (excludes halogenated alkanes) is 2. The Kier molecular flexibility index (Phi) is 17.7. The van der Waals surface area contributed by atoms with Gasteiger partial charge >= 0.3 is 0 Å². The minimum Gasteiger partial charge on any atom is -0.382 e. The summed E-state index contributed by atoms with van der Waals surface area (Å²) in [4.78, 5) is 4.27. The van der Waals surface area contributed by atoms with Crippen LogP contribution >= 0.6 is 24.0 Å². The highest BCUT2D eigenvalue weighted by Gasteiger charge is 2.13. The Bertz CT molecular complexity index is 298. The highest BCUT2D eigenvalue weighted by atomic mass is 127. The molecule has 0 spiro atoms. The molecule has 0 aliphatic heterocycles. The molecule has 0 aromatic heterocycles. The second-order valence-electron chi connectivity index (χ2n) is 6.38. The lowest BCUT2D eigenvalue weighted by atomic mass is 10.0. The molecular weight excluding hydrogens is 417 g/mol. The Balaban J connectivity index is 0.00000529. The second kappa shape index (κ2) is 17.7. The molecule has 1 aliphatic rings. The van der Waals surface area contributed by atoms with E-state index in [-0.39, 0.29) is 24.0 Å². The van der Waals surface area contributed by atoms with Crippen LogP contribution in [0.5, 0.6) is 0 Å². The molecule has 24 heavy (non-hydrogen) atoms. The van der Waals surface area contributed by atoms with Gasteiger partial charge in [0, 0.05) is 33.9 Å². The largest absolute Gasteiger partial charge is 0.382 e. The molecule has 5 nitrogen and oxygen atoms in total. The maximum absolute atomic E-state index is 5.44. The molecule has 0 aromatic rings. The lowest BCUT2D eigenvalue weighted by Crippen LogP contribution is -2.38. The van der Waals surface area contributed by atoms with Gasteiger partial charge in [-0.3, -0.25) is 4.99 Å². The van der Waals surface area contributed by atoms with Crippen LogP contribution in [0.25, 0.3) is 0 Å². The molecule has 1 saturated carbocycles. The Morgan fingerprint density at radius 1 is 0.958 bits per heavy atom. The fourth-order valence-corrected chi connectivity index (χ4v) is 3.06. The number of aliphatic imine (C=N–C) groups is 1. The van der Waals surface area contributed by atoms with Crippen LogP contribution in [0.3, 0.4) is 0 Å². The van der Waals surface area contributed by atoms with Crippen LogP contribution in [-0.2, 0) is 9.47 Å². The van der Waals surface area contributed by atoms with Crippen molar-refractivity contribution in [1.82, 2.24) is 10.6 Å². The molecule has 0 unspecified atom stereocenters. The summed E-state index contributed by atoms with van der Waals surface area (Å²) in [5.41, 5.74) is 0. The van der Waals surface area contributed by atoms with Gasteiger partial charge in [-0.2, -0.15) is 0 Å². The van der Waals surface area contributed by atoms with Crippen LogP contribution in [0.2, 0.25) is 0 Å². The lowest BCUT2D eigenvalue weighted by molar-refractivity contribution is 0.0689. The van der Waals surface area contributed by atoms with E-state index in [1.807, 2.05) is 7.05 Å². The standard InChI is InChI=1S/C18H37N3O2.HI/c1-19-18(21-13-7-8-14-23-16-15-22-2)20-12-6-5-11-17-9-3-4-10-17;/h17H,3-16H2,1-2H3,(H2,19,20,21);1H. The van der Waals surface area contributed by atoms with Crippen LogP contribution in [-0.4, -0.2) is 53.0 Å². The van der Waals surface area contributed by atoms with E-state index in [0.717, 1.165) is 44.4 Å².